The molecule has 0 bridgehead atoms. The van der Waals surface area contributed by atoms with E-state index in [1.807, 2.05) is 31.2 Å². The van der Waals surface area contributed by atoms with Gasteiger partial charge in [0.1, 0.15) is 0 Å². The molecule has 0 radical (unpaired) electrons. The second-order valence-electron chi connectivity index (χ2n) is 8.33. The number of aliphatic hydroxyl groups is 1. The summed E-state index contributed by atoms with van der Waals surface area (Å²) in [6.07, 6.45) is -0.478. The van der Waals surface area contributed by atoms with Crippen LogP contribution in [0.3, 0.4) is 0 Å². The zero-order valence-electron chi connectivity index (χ0n) is 18.4. The maximum Gasteiger partial charge on any atom is 0.425 e. The van der Waals surface area contributed by atoms with E-state index in [2.05, 4.69) is 11.7 Å². The van der Waals surface area contributed by atoms with Crippen molar-refractivity contribution in [2.45, 2.75) is 25.2 Å². The molecule has 1 atom stereocenters. The Morgan fingerprint density at radius 2 is 1.74 bits per heavy atom. The predicted octanol–water partition coefficient (Wildman–Crippen LogP) is 6.27. The van der Waals surface area contributed by atoms with Crippen molar-refractivity contribution >= 4 is 21.8 Å². The third-order valence-electron chi connectivity index (χ3n) is 6.24. The van der Waals surface area contributed by atoms with Crippen LogP contribution in [0, 0.1) is 6.92 Å². The molecule has 0 spiro atoms. The van der Waals surface area contributed by atoms with E-state index >= 15 is 0 Å². The zero-order valence-corrected chi connectivity index (χ0v) is 18.4. The summed E-state index contributed by atoms with van der Waals surface area (Å²) in [7, 11) is 0. The second-order valence-corrected chi connectivity index (χ2v) is 8.33. The topological polar surface area (TPSA) is 43.0 Å². The van der Waals surface area contributed by atoms with Crippen LogP contribution in [0.25, 0.3) is 27.5 Å². The minimum atomic E-state index is -4.96. The molecule has 0 aliphatic rings. The summed E-state index contributed by atoms with van der Waals surface area (Å²) in [5.41, 5.74) is -0.633. The Kier molecular flexibility index (Phi) is 5.10. The number of hydrogen-bond donors (Lipinski definition) is 1. The van der Waals surface area contributed by atoms with Crippen molar-refractivity contribution in [3.63, 3.8) is 0 Å². The molecule has 4 nitrogen and oxygen atoms in total. The van der Waals surface area contributed by atoms with Gasteiger partial charge in [-0.1, -0.05) is 48.5 Å². The first-order valence-corrected chi connectivity index (χ1v) is 10.8. The molecule has 0 aliphatic carbocycles. The summed E-state index contributed by atoms with van der Waals surface area (Å²) in [5, 5.41) is 16.6. The van der Waals surface area contributed by atoms with Crippen LogP contribution in [-0.2, 0) is 12.1 Å². The monoisotopic (exact) mass is 461 g/mol. The fraction of sp³-hybridized carbons (Fsp3) is 0.148. The Labute approximate surface area is 194 Å². The molecule has 172 valence electrons. The number of aromatic nitrogens is 3. The van der Waals surface area contributed by atoms with Crippen molar-refractivity contribution in [3.05, 3.63) is 108 Å². The number of alkyl halides is 3. The standard InChI is InChI=1S/C27H22F3N3O/c1-3-14-32-17-22(21-9-5-7-11-25(21)32)26(34,27(28,29)30)20-12-13-24-19(15-20)16-31-33(24)23-10-6-4-8-18(23)2/h3-13,15-17,34H,1,14H2,2H3. The van der Waals surface area contributed by atoms with Crippen LogP contribution >= 0.6 is 0 Å². The molecule has 5 rings (SSSR count). The average Bonchev–Trinajstić information content (AvgIpc) is 3.40. The van der Waals surface area contributed by atoms with Crippen molar-refractivity contribution in [2.75, 3.05) is 0 Å². The highest BCUT2D eigenvalue weighted by molar-refractivity contribution is 5.87. The number of hydrogen-bond acceptors (Lipinski definition) is 2. The van der Waals surface area contributed by atoms with Gasteiger partial charge in [-0.25, -0.2) is 4.68 Å². The zero-order chi connectivity index (χ0) is 24.1. The lowest BCUT2D eigenvalue weighted by Crippen LogP contribution is -2.43. The van der Waals surface area contributed by atoms with E-state index in [4.69, 9.17) is 0 Å². The Bertz CT molecular complexity index is 1530. The number of fused-ring (bicyclic) bond motifs is 2. The van der Waals surface area contributed by atoms with Gasteiger partial charge in [-0.05, 0) is 42.3 Å². The van der Waals surface area contributed by atoms with Crippen LogP contribution in [0.5, 0.6) is 0 Å². The molecule has 0 saturated carbocycles. The molecule has 2 aromatic heterocycles. The van der Waals surface area contributed by atoms with Crippen molar-refractivity contribution in [1.82, 2.24) is 14.3 Å². The largest absolute Gasteiger partial charge is 0.425 e. The van der Waals surface area contributed by atoms with E-state index in [1.165, 1.54) is 24.5 Å². The molecule has 2 heterocycles. The fourth-order valence-electron chi connectivity index (χ4n) is 4.55. The van der Waals surface area contributed by atoms with Crippen molar-refractivity contribution in [3.8, 4) is 5.69 Å². The Hall–Kier alpha value is -3.84. The SMILES string of the molecule is C=CCn1cc(C(O)(c2ccc3c(cnn3-c3ccccc3C)c2)C(F)(F)F)c2ccccc21. The number of para-hydroxylation sites is 2. The molecule has 5 aromatic rings. The minimum Gasteiger partial charge on any atom is -0.372 e. The highest BCUT2D eigenvalue weighted by atomic mass is 19.4. The summed E-state index contributed by atoms with van der Waals surface area (Å²) in [6.45, 7) is 5.95. The van der Waals surface area contributed by atoms with E-state index in [0.29, 0.717) is 28.4 Å². The number of nitrogens with zero attached hydrogens (tertiary/aromatic N) is 3. The fourth-order valence-corrected chi connectivity index (χ4v) is 4.55. The summed E-state index contributed by atoms with van der Waals surface area (Å²) in [4.78, 5) is 0. The maximum absolute atomic E-state index is 14.6. The molecule has 0 fully saturated rings. The number of allylic oxidation sites excluding steroid dienone is 1. The number of benzene rings is 3. The first-order valence-electron chi connectivity index (χ1n) is 10.8. The number of halogens is 3. The highest BCUT2D eigenvalue weighted by Gasteiger charge is 2.57. The summed E-state index contributed by atoms with van der Waals surface area (Å²) in [6, 6.07) is 18.6. The van der Waals surface area contributed by atoms with Gasteiger partial charge in [-0.15, -0.1) is 6.58 Å². The molecule has 1 N–H and O–H groups in total. The molecule has 34 heavy (non-hydrogen) atoms. The van der Waals surface area contributed by atoms with E-state index in [9.17, 15) is 18.3 Å². The second kappa shape index (κ2) is 7.88. The van der Waals surface area contributed by atoms with Crippen LogP contribution in [0.1, 0.15) is 16.7 Å². The van der Waals surface area contributed by atoms with Gasteiger partial charge in [0.2, 0.25) is 5.60 Å². The van der Waals surface area contributed by atoms with Gasteiger partial charge in [0.05, 0.1) is 17.4 Å². The van der Waals surface area contributed by atoms with Crippen LogP contribution in [-0.4, -0.2) is 25.6 Å². The smallest absolute Gasteiger partial charge is 0.372 e. The Morgan fingerprint density at radius 1 is 1.00 bits per heavy atom. The lowest BCUT2D eigenvalue weighted by molar-refractivity contribution is -0.247. The van der Waals surface area contributed by atoms with Crippen molar-refractivity contribution in [1.29, 1.82) is 0 Å². The normalized spacial score (nSPS) is 13.9. The van der Waals surface area contributed by atoms with Crippen LogP contribution < -0.4 is 0 Å². The lowest BCUT2D eigenvalue weighted by atomic mass is 9.85. The molecular formula is C27H22F3N3O. The van der Waals surface area contributed by atoms with Crippen molar-refractivity contribution < 1.29 is 18.3 Å². The van der Waals surface area contributed by atoms with E-state index in [-0.39, 0.29) is 11.1 Å². The van der Waals surface area contributed by atoms with Gasteiger partial charge in [-0.3, -0.25) is 0 Å². The maximum atomic E-state index is 14.6. The van der Waals surface area contributed by atoms with Gasteiger partial charge in [0.15, 0.2) is 0 Å². The average molecular weight is 461 g/mol. The predicted molar refractivity (Wildman–Crippen MR) is 127 cm³/mol. The van der Waals surface area contributed by atoms with Gasteiger partial charge >= 0.3 is 6.18 Å². The van der Waals surface area contributed by atoms with Gasteiger partial charge in [-0.2, -0.15) is 18.3 Å². The molecule has 3 aromatic carbocycles. The van der Waals surface area contributed by atoms with Crippen LogP contribution in [0.4, 0.5) is 13.2 Å². The van der Waals surface area contributed by atoms with Crippen molar-refractivity contribution in [2.24, 2.45) is 0 Å². The van der Waals surface area contributed by atoms with Crippen LogP contribution in [0.15, 0.2) is 91.8 Å². The third kappa shape index (κ3) is 3.23. The van der Waals surface area contributed by atoms with E-state index in [0.717, 1.165) is 11.3 Å². The Morgan fingerprint density at radius 3 is 2.47 bits per heavy atom. The number of aryl methyl sites for hydroxylation is 1. The number of rotatable bonds is 5. The van der Waals surface area contributed by atoms with Gasteiger partial charge in [0, 0.05) is 34.6 Å². The highest BCUT2D eigenvalue weighted by Crippen LogP contribution is 2.47. The lowest BCUT2D eigenvalue weighted by Gasteiger charge is -2.31. The molecular weight excluding hydrogens is 439 g/mol. The third-order valence-corrected chi connectivity index (χ3v) is 6.24. The van der Waals surface area contributed by atoms with Gasteiger partial charge in [0.25, 0.3) is 0 Å². The summed E-state index contributed by atoms with van der Waals surface area (Å²) >= 11 is 0. The molecule has 7 heteroatoms. The molecule has 0 saturated heterocycles. The first-order chi connectivity index (χ1) is 16.3. The quantitative estimate of drug-likeness (QED) is 0.313. The van der Waals surface area contributed by atoms with E-state index in [1.54, 1.807) is 45.7 Å². The molecule has 0 aliphatic heterocycles. The minimum absolute atomic E-state index is 0.219. The van der Waals surface area contributed by atoms with Crippen LogP contribution in [0.2, 0.25) is 0 Å². The molecule has 0 amide bonds. The van der Waals surface area contributed by atoms with E-state index < -0.39 is 11.8 Å². The summed E-state index contributed by atoms with van der Waals surface area (Å²) in [5.74, 6) is 0. The molecule has 1 unspecified atom stereocenters. The first kappa shape index (κ1) is 22.0. The van der Waals surface area contributed by atoms with Gasteiger partial charge < -0.3 is 9.67 Å². The Balaban J connectivity index is 1.73. The summed E-state index contributed by atoms with van der Waals surface area (Å²) < 4.78 is 47.2.